The number of aliphatic hydroxyl groups is 3. The number of amides is 1. The number of hydrogen-bond donors (Lipinski definition) is 3. The lowest BCUT2D eigenvalue weighted by atomic mass is 9.92. The fraction of sp³-hybridized carbons (Fsp3) is 0.440. The second kappa shape index (κ2) is 7.98. The highest BCUT2D eigenvalue weighted by Gasteiger charge is 2.51. The molecule has 1 aliphatic heterocycles. The second-order valence-corrected chi connectivity index (χ2v) is 9.32. The molecular weight excluding hydrogens is 408 g/mol. The lowest BCUT2D eigenvalue weighted by Gasteiger charge is -2.37. The third-order valence-electron chi connectivity index (χ3n) is 6.82. The first kappa shape index (κ1) is 22.4. The van der Waals surface area contributed by atoms with Crippen LogP contribution in [0.25, 0.3) is 0 Å². The van der Waals surface area contributed by atoms with Crippen LogP contribution in [-0.2, 0) is 22.6 Å². The lowest BCUT2D eigenvalue weighted by Crippen LogP contribution is -2.44. The molecule has 1 aliphatic carbocycles. The maximum absolute atomic E-state index is 13.5. The number of fused-ring (bicyclic) bond motifs is 1. The molecule has 0 bridgehead atoms. The van der Waals surface area contributed by atoms with Crippen molar-refractivity contribution in [2.45, 2.75) is 44.6 Å². The van der Waals surface area contributed by atoms with Gasteiger partial charge in [-0.1, -0.05) is 24.3 Å². The fourth-order valence-corrected chi connectivity index (χ4v) is 4.10. The van der Waals surface area contributed by atoms with Crippen molar-refractivity contribution in [1.82, 2.24) is 4.90 Å². The molecule has 0 spiro atoms. The van der Waals surface area contributed by atoms with Gasteiger partial charge >= 0.3 is 0 Å². The van der Waals surface area contributed by atoms with Crippen molar-refractivity contribution >= 4 is 5.91 Å². The zero-order valence-electron chi connectivity index (χ0n) is 18.3. The van der Waals surface area contributed by atoms with E-state index in [2.05, 4.69) is 6.07 Å². The van der Waals surface area contributed by atoms with Crippen molar-refractivity contribution in [2.24, 2.45) is 5.41 Å². The lowest BCUT2D eigenvalue weighted by molar-refractivity contribution is -0.144. The normalized spacial score (nSPS) is 22.9. The van der Waals surface area contributed by atoms with E-state index in [0.29, 0.717) is 28.9 Å². The molecule has 7 heteroatoms. The Balaban J connectivity index is 1.71. The van der Waals surface area contributed by atoms with E-state index in [4.69, 9.17) is 10.00 Å². The fourth-order valence-electron chi connectivity index (χ4n) is 4.10. The Morgan fingerprint density at radius 1 is 1.19 bits per heavy atom. The van der Waals surface area contributed by atoms with Crippen molar-refractivity contribution < 1.29 is 24.9 Å². The summed E-state index contributed by atoms with van der Waals surface area (Å²) in [6.45, 7) is 3.51. The highest BCUT2D eigenvalue weighted by Crippen LogP contribution is 2.49. The summed E-state index contributed by atoms with van der Waals surface area (Å²) in [5, 5.41) is 38.8. The highest BCUT2D eigenvalue weighted by molar-refractivity contribution is 6.00. The summed E-state index contributed by atoms with van der Waals surface area (Å²) >= 11 is 0. The van der Waals surface area contributed by atoms with Gasteiger partial charge in [-0.3, -0.25) is 4.79 Å². The van der Waals surface area contributed by atoms with Crippen LogP contribution >= 0.6 is 0 Å². The van der Waals surface area contributed by atoms with Gasteiger partial charge in [0.05, 0.1) is 31.5 Å². The molecule has 0 saturated heterocycles. The summed E-state index contributed by atoms with van der Waals surface area (Å²) in [6, 6.07) is 14.2. The number of hydrogen-bond acceptors (Lipinski definition) is 6. The summed E-state index contributed by atoms with van der Waals surface area (Å²) in [4.78, 5) is 15.2. The number of ether oxygens (including phenoxy) is 1. The topological polar surface area (TPSA) is 114 Å². The molecule has 7 nitrogen and oxygen atoms in total. The van der Waals surface area contributed by atoms with Gasteiger partial charge in [0.25, 0.3) is 5.91 Å². The molecule has 1 unspecified atom stereocenters. The predicted octanol–water partition coefficient (Wildman–Crippen LogP) is 2.38. The number of aliphatic hydroxyl groups excluding tert-OH is 2. The molecule has 2 aromatic rings. The minimum Gasteiger partial charge on any atom is -0.396 e. The summed E-state index contributed by atoms with van der Waals surface area (Å²) in [5.41, 5.74) is 0.156. The van der Waals surface area contributed by atoms with Crippen LogP contribution in [0, 0.1) is 16.7 Å². The van der Waals surface area contributed by atoms with E-state index in [-0.39, 0.29) is 24.5 Å². The Morgan fingerprint density at radius 3 is 2.44 bits per heavy atom. The van der Waals surface area contributed by atoms with Crippen LogP contribution in [0.2, 0.25) is 0 Å². The van der Waals surface area contributed by atoms with Gasteiger partial charge in [-0.25, -0.2) is 0 Å². The molecule has 32 heavy (non-hydrogen) atoms. The van der Waals surface area contributed by atoms with E-state index in [1.807, 2.05) is 19.1 Å². The first-order chi connectivity index (χ1) is 15.2. The third-order valence-corrected chi connectivity index (χ3v) is 6.82. The van der Waals surface area contributed by atoms with Gasteiger partial charge in [0.15, 0.2) is 5.72 Å². The van der Waals surface area contributed by atoms with Gasteiger partial charge in [-0.05, 0) is 56.0 Å². The van der Waals surface area contributed by atoms with Gasteiger partial charge < -0.3 is 25.0 Å². The minimum absolute atomic E-state index is 0.0395. The minimum atomic E-state index is -1.47. The van der Waals surface area contributed by atoms with E-state index in [9.17, 15) is 20.1 Å². The molecule has 2 aromatic carbocycles. The summed E-state index contributed by atoms with van der Waals surface area (Å²) < 4.78 is 6.37. The van der Waals surface area contributed by atoms with Crippen molar-refractivity contribution in [3.8, 4) is 6.07 Å². The summed E-state index contributed by atoms with van der Waals surface area (Å²) in [5.74, 6) is -0.240. The molecule has 2 aliphatic rings. The summed E-state index contributed by atoms with van der Waals surface area (Å²) in [6.07, 6.45) is 1.77. The van der Waals surface area contributed by atoms with E-state index in [0.717, 1.165) is 18.4 Å². The van der Waals surface area contributed by atoms with Crippen molar-refractivity contribution in [3.63, 3.8) is 0 Å². The predicted molar refractivity (Wildman–Crippen MR) is 116 cm³/mol. The standard InChI is InChI=1S/C25H28N2O5/c1-23(31,14-28)19-7-8-21-20(11-19)22(30)27(13-18-5-3-17(12-26)4-6-18)24(21,2)32-16-25(15-29)9-10-25/h3-8,11,28-29,31H,9-10,13-16H2,1-2H3/t23?,24-/m1/s1. The van der Waals surface area contributed by atoms with E-state index in [1.54, 1.807) is 35.2 Å². The Morgan fingerprint density at radius 2 is 1.88 bits per heavy atom. The van der Waals surface area contributed by atoms with E-state index >= 15 is 0 Å². The van der Waals surface area contributed by atoms with Crippen LogP contribution in [0.1, 0.15) is 59.3 Å². The van der Waals surface area contributed by atoms with Gasteiger partial charge in [-0.2, -0.15) is 5.26 Å². The van der Waals surface area contributed by atoms with Gasteiger partial charge in [-0.15, -0.1) is 0 Å². The molecule has 4 rings (SSSR count). The van der Waals surface area contributed by atoms with Gasteiger partial charge in [0, 0.05) is 23.1 Å². The third kappa shape index (κ3) is 3.80. The zero-order valence-corrected chi connectivity index (χ0v) is 18.3. The quantitative estimate of drug-likeness (QED) is 0.585. The van der Waals surface area contributed by atoms with Crippen LogP contribution in [0.4, 0.5) is 0 Å². The van der Waals surface area contributed by atoms with Crippen molar-refractivity contribution in [1.29, 1.82) is 5.26 Å². The Labute approximate surface area is 187 Å². The molecule has 0 aromatic heterocycles. The molecular formula is C25H28N2O5. The van der Waals surface area contributed by atoms with Crippen molar-refractivity contribution in [3.05, 3.63) is 70.3 Å². The number of carbonyl (C=O) groups is 1. The average molecular weight is 437 g/mol. The van der Waals surface area contributed by atoms with Crippen molar-refractivity contribution in [2.75, 3.05) is 19.8 Å². The van der Waals surface area contributed by atoms with E-state index < -0.39 is 17.9 Å². The van der Waals surface area contributed by atoms with Crippen LogP contribution in [-0.4, -0.2) is 45.9 Å². The number of nitrogens with zero attached hydrogens (tertiary/aromatic N) is 2. The number of carbonyl (C=O) groups excluding carboxylic acids is 1. The second-order valence-electron chi connectivity index (χ2n) is 9.32. The molecule has 0 radical (unpaired) electrons. The van der Waals surface area contributed by atoms with Gasteiger partial charge in [0.1, 0.15) is 5.60 Å². The van der Waals surface area contributed by atoms with Crippen LogP contribution in [0.3, 0.4) is 0 Å². The van der Waals surface area contributed by atoms with Crippen LogP contribution < -0.4 is 0 Å². The monoisotopic (exact) mass is 436 g/mol. The molecule has 3 N–H and O–H groups in total. The maximum Gasteiger partial charge on any atom is 0.257 e. The van der Waals surface area contributed by atoms with Crippen LogP contribution in [0.5, 0.6) is 0 Å². The van der Waals surface area contributed by atoms with Crippen LogP contribution in [0.15, 0.2) is 42.5 Å². The molecule has 1 saturated carbocycles. The highest BCUT2D eigenvalue weighted by atomic mass is 16.5. The maximum atomic E-state index is 13.5. The molecule has 2 atom stereocenters. The molecule has 1 heterocycles. The smallest absolute Gasteiger partial charge is 0.257 e. The number of nitriles is 1. The molecule has 1 fully saturated rings. The zero-order chi connectivity index (χ0) is 23.1. The Bertz CT molecular complexity index is 1070. The Kier molecular flexibility index (Phi) is 5.60. The SMILES string of the molecule is CC(O)(CO)c1ccc2c(c1)C(=O)N(Cc1ccc(C#N)cc1)[C@]2(C)OCC1(CO)CC1. The van der Waals surface area contributed by atoms with Gasteiger partial charge in [0.2, 0.25) is 0 Å². The largest absolute Gasteiger partial charge is 0.396 e. The molecule has 168 valence electrons. The average Bonchev–Trinajstić information content (AvgIpc) is 3.57. The number of rotatable bonds is 8. The first-order valence-electron chi connectivity index (χ1n) is 10.7. The van der Waals surface area contributed by atoms with E-state index in [1.165, 1.54) is 6.92 Å². The first-order valence-corrected chi connectivity index (χ1v) is 10.7. The summed E-state index contributed by atoms with van der Waals surface area (Å²) in [7, 11) is 0. The number of benzene rings is 2. The molecule has 1 amide bonds. The Hall–Kier alpha value is -2.76.